The number of hydrogen-bond donors (Lipinski definition) is 2. The molecule has 0 bridgehead atoms. The van der Waals surface area contributed by atoms with E-state index in [4.69, 9.17) is 17.3 Å². The summed E-state index contributed by atoms with van der Waals surface area (Å²) in [4.78, 5) is 13.4. The van der Waals surface area contributed by atoms with E-state index in [9.17, 15) is 18.5 Å². The fourth-order valence-electron chi connectivity index (χ4n) is 1.53. The van der Waals surface area contributed by atoms with Crippen LogP contribution >= 0.6 is 11.6 Å². The van der Waals surface area contributed by atoms with Gasteiger partial charge in [0.1, 0.15) is 5.82 Å². The molecule has 1 heterocycles. The van der Waals surface area contributed by atoms with Gasteiger partial charge >= 0.3 is 0 Å². The van der Waals surface area contributed by atoms with Crippen LogP contribution in [0.3, 0.4) is 0 Å². The molecule has 0 atom stereocenters. The minimum absolute atomic E-state index is 0.00878. The maximum atomic E-state index is 12.2. The number of rotatable bonds is 4. The molecule has 10 heteroatoms. The number of nitrogens with zero attached hydrogens (tertiary/aromatic N) is 2. The summed E-state index contributed by atoms with van der Waals surface area (Å²) < 4.78 is 26.5. The van der Waals surface area contributed by atoms with Gasteiger partial charge in [0, 0.05) is 18.0 Å². The van der Waals surface area contributed by atoms with Gasteiger partial charge < -0.3 is 5.73 Å². The van der Waals surface area contributed by atoms with Gasteiger partial charge in [-0.25, -0.2) is 13.4 Å². The van der Waals surface area contributed by atoms with E-state index in [1.165, 1.54) is 24.4 Å². The van der Waals surface area contributed by atoms with E-state index in [0.29, 0.717) is 5.02 Å². The second kappa shape index (κ2) is 5.54. The topological polar surface area (TPSA) is 128 Å². The van der Waals surface area contributed by atoms with Gasteiger partial charge in [0.05, 0.1) is 9.95 Å². The Morgan fingerprint density at radius 1 is 1.29 bits per heavy atom. The van der Waals surface area contributed by atoms with Gasteiger partial charge in [-0.15, -0.1) is 0 Å². The quantitative estimate of drug-likeness (QED) is 0.502. The zero-order chi connectivity index (χ0) is 15.6. The molecule has 110 valence electrons. The number of sulfonamides is 1. The Labute approximate surface area is 124 Å². The zero-order valence-electron chi connectivity index (χ0n) is 10.4. The van der Waals surface area contributed by atoms with Crippen LogP contribution in [0.4, 0.5) is 17.2 Å². The fraction of sp³-hybridized carbons (Fsp3) is 0. The predicted molar refractivity (Wildman–Crippen MR) is 77.6 cm³/mol. The van der Waals surface area contributed by atoms with Crippen LogP contribution in [0.25, 0.3) is 0 Å². The monoisotopic (exact) mass is 328 g/mol. The van der Waals surface area contributed by atoms with E-state index >= 15 is 0 Å². The Morgan fingerprint density at radius 3 is 2.57 bits per heavy atom. The molecule has 0 aliphatic carbocycles. The lowest BCUT2D eigenvalue weighted by Gasteiger charge is -2.08. The van der Waals surface area contributed by atoms with Crippen molar-refractivity contribution in [3.63, 3.8) is 0 Å². The van der Waals surface area contributed by atoms with E-state index in [1.807, 2.05) is 0 Å². The van der Waals surface area contributed by atoms with Crippen LogP contribution in [0.15, 0.2) is 41.4 Å². The average molecular weight is 329 g/mol. The van der Waals surface area contributed by atoms with Gasteiger partial charge in [0.2, 0.25) is 0 Å². The lowest BCUT2D eigenvalue weighted by atomic mass is 10.3. The smallest absolute Gasteiger partial charge is 0.291 e. The summed E-state index contributed by atoms with van der Waals surface area (Å²) in [5, 5.41) is 11.3. The molecule has 8 nitrogen and oxygen atoms in total. The molecule has 3 N–H and O–H groups in total. The van der Waals surface area contributed by atoms with Crippen molar-refractivity contribution in [3.8, 4) is 0 Å². The molecule has 1 aromatic heterocycles. The predicted octanol–water partition coefficient (Wildman–Crippen LogP) is 2.03. The summed E-state index contributed by atoms with van der Waals surface area (Å²) in [6.07, 6.45) is 1.25. The lowest BCUT2D eigenvalue weighted by Crippen LogP contribution is -2.15. The van der Waals surface area contributed by atoms with Gasteiger partial charge in [-0.3, -0.25) is 14.8 Å². The molecule has 1 aromatic carbocycles. The summed E-state index contributed by atoms with van der Waals surface area (Å²) >= 11 is 5.64. The summed E-state index contributed by atoms with van der Waals surface area (Å²) in [6.45, 7) is 0. The molecule has 0 fully saturated rings. The van der Waals surface area contributed by atoms with E-state index in [1.54, 1.807) is 0 Å². The number of nitrogen functional groups attached to an aromatic ring is 1. The lowest BCUT2D eigenvalue weighted by molar-refractivity contribution is -0.387. The Morgan fingerprint density at radius 2 is 2.00 bits per heavy atom. The first-order chi connectivity index (χ1) is 9.79. The highest BCUT2D eigenvalue weighted by atomic mass is 35.5. The molecule has 0 amide bonds. The Bertz CT molecular complexity index is 792. The number of benzene rings is 1. The third-order valence-corrected chi connectivity index (χ3v) is 4.06. The average Bonchev–Trinajstić information content (AvgIpc) is 2.40. The summed E-state index contributed by atoms with van der Waals surface area (Å²) in [5.41, 5.74) is 4.90. The van der Waals surface area contributed by atoms with Gasteiger partial charge in [-0.2, -0.15) is 0 Å². The minimum Gasteiger partial charge on any atom is -0.399 e. The molecular formula is C11H9ClN4O4S. The molecule has 0 radical (unpaired) electrons. The van der Waals surface area contributed by atoms with Crippen LogP contribution in [0.5, 0.6) is 0 Å². The molecule has 0 unspecified atom stereocenters. The molecular weight excluding hydrogens is 320 g/mol. The number of aromatic nitrogens is 1. The molecule has 0 aliphatic heterocycles. The standard InChI is InChI=1S/C11H9ClN4O4S/c12-7-1-4-11(14-6-7)15-21(19,20)10-3-2-8(13)5-9(10)16(17)18/h1-6H,13H2,(H,14,15). The number of pyridine rings is 1. The van der Waals surface area contributed by atoms with Crippen LogP contribution < -0.4 is 10.5 Å². The van der Waals surface area contributed by atoms with Crippen molar-refractivity contribution in [1.29, 1.82) is 0 Å². The molecule has 0 saturated heterocycles. The van der Waals surface area contributed by atoms with Crippen LogP contribution in [0.1, 0.15) is 0 Å². The number of hydrogen-bond acceptors (Lipinski definition) is 6. The van der Waals surface area contributed by atoms with E-state index < -0.39 is 25.5 Å². The molecule has 21 heavy (non-hydrogen) atoms. The zero-order valence-corrected chi connectivity index (χ0v) is 11.9. The maximum absolute atomic E-state index is 12.2. The number of nitro groups is 1. The van der Waals surface area contributed by atoms with Gasteiger partial charge in [-0.1, -0.05) is 11.6 Å². The summed E-state index contributed by atoms with van der Waals surface area (Å²) in [5.74, 6) is -0.00878. The van der Waals surface area contributed by atoms with Gasteiger partial charge in [0.15, 0.2) is 4.90 Å². The molecule has 0 spiro atoms. The van der Waals surface area contributed by atoms with Crippen molar-refractivity contribution in [2.75, 3.05) is 10.5 Å². The number of nitrogens with one attached hydrogen (secondary N) is 1. The Hall–Kier alpha value is -2.39. The normalized spacial score (nSPS) is 11.1. The van der Waals surface area contributed by atoms with Crippen LogP contribution in [-0.2, 0) is 10.0 Å². The molecule has 0 aliphatic rings. The molecule has 2 aromatic rings. The maximum Gasteiger partial charge on any atom is 0.291 e. The number of nitro benzene ring substituents is 1. The summed E-state index contributed by atoms with van der Waals surface area (Å²) in [7, 11) is -4.17. The highest BCUT2D eigenvalue weighted by Crippen LogP contribution is 2.27. The van der Waals surface area contributed by atoms with Crippen molar-refractivity contribution in [1.82, 2.24) is 4.98 Å². The van der Waals surface area contributed by atoms with Crippen LogP contribution in [0.2, 0.25) is 5.02 Å². The number of nitrogens with two attached hydrogens (primary N) is 1. The van der Waals surface area contributed by atoms with Crippen molar-refractivity contribution >= 4 is 38.8 Å². The van der Waals surface area contributed by atoms with Crippen LogP contribution in [0, 0.1) is 10.1 Å². The Kier molecular flexibility index (Phi) is 3.96. The third-order valence-electron chi connectivity index (χ3n) is 2.44. The number of anilines is 2. The first-order valence-electron chi connectivity index (χ1n) is 5.48. The minimum atomic E-state index is -4.17. The first-order valence-corrected chi connectivity index (χ1v) is 7.34. The van der Waals surface area contributed by atoms with E-state index in [2.05, 4.69) is 9.71 Å². The van der Waals surface area contributed by atoms with Crippen molar-refractivity contribution in [3.05, 3.63) is 51.7 Å². The van der Waals surface area contributed by atoms with Crippen molar-refractivity contribution in [2.45, 2.75) is 4.90 Å². The highest BCUT2D eigenvalue weighted by molar-refractivity contribution is 7.92. The van der Waals surface area contributed by atoms with Crippen LogP contribution in [-0.4, -0.2) is 18.3 Å². The second-order valence-corrected chi connectivity index (χ2v) is 6.04. The third kappa shape index (κ3) is 3.38. The number of halogens is 1. The first kappa shape index (κ1) is 15.0. The largest absolute Gasteiger partial charge is 0.399 e. The van der Waals surface area contributed by atoms with Gasteiger partial charge in [-0.05, 0) is 24.3 Å². The molecule has 0 saturated carbocycles. The highest BCUT2D eigenvalue weighted by Gasteiger charge is 2.26. The summed E-state index contributed by atoms with van der Waals surface area (Å²) in [6, 6.07) is 6.07. The van der Waals surface area contributed by atoms with Crippen molar-refractivity contribution in [2.24, 2.45) is 0 Å². The molecule has 2 rings (SSSR count). The SMILES string of the molecule is Nc1ccc(S(=O)(=O)Nc2ccc(Cl)cn2)c([N+](=O)[O-])c1. The second-order valence-electron chi connectivity index (χ2n) is 3.95. The van der Waals surface area contributed by atoms with Gasteiger partial charge in [0.25, 0.3) is 15.7 Å². The fourth-order valence-corrected chi connectivity index (χ4v) is 2.81. The van der Waals surface area contributed by atoms with E-state index in [0.717, 1.165) is 12.1 Å². The van der Waals surface area contributed by atoms with E-state index in [-0.39, 0.29) is 11.5 Å². The Balaban J connectivity index is 2.44. The van der Waals surface area contributed by atoms with Crippen molar-refractivity contribution < 1.29 is 13.3 Å².